The second-order valence-corrected chi connectivity index (χ2v) is 14.6. The van der Waals surface area contributed by atoms with Crippen molar-refractivity contribution in [2.24, 2.45) is 46.3 Å². The Morgan fingerprint density at radius 3 is 2.52 bits per heavy atom. The lowest BCUT2D eigenvalue weighted by atomic mass is 9.47. The molecule has 3 fully saturated rings. The Morgan fingerprint density at radius 1 is 1.06 bits per heavy atom. The molecule has 0 aromatic carbocycles. The van der Waals surface area contributed by atoms with E-state index in [0.717, 1.165) is 48.3 Å². The normalized spacial score (nSPS) is 42.1. The van der Waals surface area contributed by atoms with Gasteiger partial charge in [0.25, 0.3) is 0 Å². The quantitative estimate of drug-likeness (QED) is 0.190. The SMILES string of the molecule is CC(C)CCC[C@@H](C)[C@@H]1CC[C@@H]2[C@H]3CC=C4C[C@@H](OC(=O)[C@H](C)Br)CC[C@]4(C)[C@@H]3CC[C@@]21C. The number of fused-ring (bicyclic) bond motifs is 5. The molecule has 3 saturated carbocycles. The van der Waals surface area contributed by atoms with Crippen LogP contribution in [0.1, 0.15) is 112 Å². The summed E-state index contributed by atoms with van der Waals surface area (Å²) in [5, 5.41) is 0. The van der Waals surface area contributed by atoms with Crippen LogP contribution in [0.3, 0.4) is 0 Å². The highest BCUT2D eigenvalue weighted by molar-refractivity contribution is 9.10. The van der Waals surface area contributed by atoms with Crippen molar-refractivity contribution in [2.45, 2.75) is 123 Å². The first-order valence-corrected chi connectivity index (χ1v) is 15.0. The summed E-state index contributed by atoms with van der Waals surface area (Å²) in [6.45, 7) is 14.4. The van der Waals surface area contributed by atoms with Crippen molar-refractivity contribution >= 4 is 21.9 Å². The molecule has 33 heavy (non-hydrogen) atoms. The molecule has 0 radical (unpaired) electrons. The number of carbonyl (C=O) groups excluding carboxylic acids is 1. The maximum Gasteiger partial charge on any atom is 0.319 e. The zero-order valence-corrected chi connectivity index (χ0v) is 23.8. The predicted molar refractivity (Wildman–Crippen MR) is 141 cm³/mol. The smallest absolute Gasteiger partial charge is 0.319 e. The van der Waals surface area contributed by atoms with Crippen molar-refractivity contribution in [1.82, 2.24) is 0 Å². The molecule has 4 rings (SSSR count). The minimum absolute atomic E-state index is 0.0739. The van der Waals surface area contributed by atoms with Crippen LogP contribution >= 0.6 is 15.9 Å². The second kappa shape index (κ2) is 9.98. The fraction of sp³-hybridized carbons (Fsp3) is 0.900. The van der Waals surface area contributed by atoms with Crippen LogP contribution in [0.25, 0.3) is 0 Å². The Hall–Kier alpha value is -0.310. The first kappa shape index (κ1) is 25.8. The lowest BCUT2D eigenvalue weighted by molar-refractivity contribution is -0.150. The minimum Gasteiger partial charge on any atom is -0.461 e. The second-order valence-electron chi connectivity index (χ2n) is 13.2. The van der Waals surface area contributed by atoms with Crippen LogP contribution in [-0.2, 0) is 9.53 Å². The summed E-state index contributed by atoms with van der Waals surface area (Å²) in [5.41, 5.74) is 2.49. The summed E-state index contributed by atoms with van der Waals surface area (Å²) in [6.07, 6.45) is 17.1. The zero-order valence-electron chi connectivity index (χ0n) is 22.2. The van der Waals surface area contributed by atoms with Gasteiger partial charge in [0.05, 0.1) is 0 Å². The van der Waals surface area contributed by atoms with Gasteiger partial charge in [0.2, 0.25) is 0 Å². The number of halogens is 1. The average molecular weight is 522 g/mol. The van der Waals surface area contributed by atoms with E-state index in [2.05, 4.69) is 56.6 Å². The predicted octanol–water partition coefficient (Wildman–Crippen LogP) is 8.72. The summed E-state index contributed by atoms with van der Waals surface area (Å²) in [4.78, 5) is 11.9. The fourth-order valence-electron chi connectivity index (χ4n) is 9.01. The van der Waals surface area contributed by atoms with Crippen LogP contribution in [-0.4, -0.2) is 16.9 Å². The van der Waals surface area contributed by atoms with E-state index in [1.807, 2.05) is 6.92 Å². The maximum absolute atomic E-state index is 12.1. The largest absolute Gasteiger partial charge is 0.461 e. The molecule has 0 bridgehead atoms. The van der Waals surface area contributed by atoms with Crippen LogP contribution in [0.4, 0.5) is 0 Å². The summed E-state index contributed by atoms with van der Waals surface area (Å²) in [5.74, 6) is 5.14. The zero-order chi connectivity index (χ0) is 24.0. The van der Waals surface area contributed by atoms with Crippen LogP contribution in [0.15, 0.2) is 11.6 Å². The summed E-state index contributed by atoms with van der Waals surface area (Å²) >= 11 is 3.37. The third kappa shape index (κ3) is 4.88. The van der Waals surface area contributed by atoms with Gasteiger partial charge in [-0.3, -0.25) is 4.79 Å². The first-order chi connectivity index (χ1) is 15.6. The Morgan fingerprint density at radius 2 is 1.82 bits per heavy atom. The van der Waals surface area contributed by atoms with Gasteiger partial charge in [0, 0.05) is 6.42 Å². The fourth-order valence-corrected chi connectivity index (χ4v) is 9.12. The number of hydrogen-bond acceptors (Lipinski definition) is 2. The maximum atomic E-state index is 12.1. The summed E-state index contributed by atoms with van der Waals surface area (Å²) < 4.78 is 5.83. The van der Waals surface area contributed by atoms with E-state index in [4.69, 9.17) is 4.74 Å². The van der Waals surface area contributed by atoms with E-state index in [-0.39, 0.29) is 16.9 Å². The lowest BCUT2D eigenvalue weighted by Crippen LogP contribution is -2.51. The van der Waals surface area contributed by atoms with Gasteiger partial charge in [0.1, 0.15) is 10.9 Å². The van der Waals surface area contributed by atoms with E-state index < -0.39 is 0 Å². The third-order valence-corrected chi connectivity index (χ3v) is 11.2. The van der Waals surface area contributed by atoms with Gasteiger partial charge in [-0.05, 0) is 98.2 Å². The molecule has 4 aliphatic rings. The molecule has 0 heterocycles. The van der Waals surface area contributed by atoms with Gasteiger partial charge in [-0.2, -0.15) is 0 Å². The van der Waals surface area contributed by atoms with E-state index in [1.54, 1.807) is 5.57 Å². The molecule has 0 aromatic heterocycles. The molecule has 0 N–H and O–H groups in total. The number of carbonyl (C=O) groups is 1. The van der Waals surface area contributed by atoms with Crippen LogP contribution in [0.2, 0.25) is 0 Å². The first-order valence-electron chi connectivity index (χ1n) is 14.1. The van der Waals surface area contributed by atoms with E-state index in [0.29, 0.717) is 10.8 Å². The average Bonchev–Trinajstić information content (AvgIpc) is 3.11. The molecule has 0 unspecified atom stereocenters. The number of esters is 1. The molecule has 188 valence electrons. The lowest BCUT2D eigenvalue weighted by Gasteiger charge is -2.58. The molecule has 3 heteroatoms. The Bertz CT molecular complexity index is 742. The highest BCUT2D eigenvalue weighted by Crippen LogP contribution is 2.67. The third-order valence-electron chi connectivity index (χ3n) is 10.9. The van der Waals surface area contributed by atoms with Gasteiger partial charge in [0.15, 0.2) is 0 Å². The molecule has 4 aliphatic carbocycles. The van der Waals surface area contributed by atoms with Crippen molar-refractivity contribution in [3.63, 3.8) is 0 Å². The van der Waals surface area contributed by atoms with Crippen molar-refractivity contribution in [2.75, 3.05) is 0 Å². The van der Waals surface area contributed by atoms with E-state index in [1.165, 1.54) is 57.8 Å². The Labute approximate surface area is 212 Å². The van der Waals surface area contributed by atoms with Crippen molar-refractivity contribution in [3.05, 3.63) is 11.6 Å². The molecular weight excluding hydrogens is 472 g/mol. The Balaban J connectivity index is 1.45. The number of allylic oxidation sites excluding steroid dienone is 1. The van der Waals surface area contributed by atoms with Crippen LogP contribution in [0, 0.1) is 46.3 Å². The number of alkyl halides is 1. The summed E-state index contributed by atoms with van der Waals surface area (Å²) in [7, 11) is 0. The van der Waals surface area contributed by atoms with Crippen LogP contribution in [0.5, 0.6) is 0 Å². The monoisotopic (exact) mass is 520 g/mol. The molecule has 0 amide bonds. The van der Waals surface area contributed by atoms with Crippen LogP contribution < -0.4 is 0 Å². The highest BCUT2D eigenvalue weighted by atomic mass is 79.9. The van der Waals surface area contributed by atoms with E-state index >= 15 is 0 Å². The highest BCUT2D eigenvalue weighted by Gasteiger charge is 2.59. The van der Waals surface area contributed by atoms with Gasteiger partial charge in [-0.25, -0.2) is 0 Å². The molecule has 0 spiro atoms. The van der Waals surface area contributed by atoms with Crippen molar-refractivity contribution in [1.29, 1.82) is 0 Å². The molecular formula is C30H49BrO2. The number of ether oxygens (including phenoxy) is 1. The number of rotatable bonds is 7. The van der Waals surface area contributed by atoms with Gasteiger partial charge in [-0.1, -0.05) is 81.5 Å². The summed E-state index contributed by atoms with van der Waals surface area (Å²) in [6, 6.07) is 0. The molecule has 0 aliphatic heterocycles. The minimum atomic E-state index is -0.213. The van der Waals surface area contributed by atoms with Crippen molar-refractivity contribution in [3.8, 4) is 0 Å². The molecule has 9 atom stereocenters. The molecule has 0 aromatic rings. The number of hydrogen-bond donors (Lipinski definition) is 0. The standard InChI is InChI=1S/C30H49BrO2/c1-19(2)8-7-9-20(3)25-12-13-26-24-11-10-22-18-23(33-28(32)21(4)31)14-16-29(22,5)27(24)15-17-30(25,26)6/h10,19-21,23-27H,7-9,11-18H2,1-6H3/t20-,21+,23+,24-,25+,26-,27-,29+,30-/m1/s1. The topological polar surface area (TPSA) is 26.3 Å². The van der Waals surface area contributed by atoms with Gasteiger partial charge >= 0.3 is 5.97 Å². The van der Waals surface area contributed by atoms with E-state index in [9.17, 15) is 4.79 Å². The Kier molecular flexibility index (Phi) is 7.79. The molecule has 0 saturated heterocycles. The van der Waals surface area contributed by atoms with Gasteiger partial charge < -0.3 is 4.74 Å². The van der Waals surface area contributed by atoms with Crippen molar-refractivity contribution < 1.29 is 9.53 Å². The molecule has 2 nitrogen and oxygen atoms in total. The van der Waals surface area contributed by atoms with Gasteiger partial charge in [-0.15, -0.1) is 0 Å².